The molecule has 0 saturated carbocycles. The summed E-state index contributed by atoms with van der Waals surface area (Å²) in [5.41, 5.74) is 1.28. The summed E-state index contributed by atoms with van der Waals surface area (Å²) in [5.74, 6) is -2.57. The summed E-state index contributed by atoms with van der Waals surface area (Å²) in [5, 5.41) is 14.6. The summed E-state index contributed by atoms with van der Waals surface area (Å²) >= 11 is 0.369. The molecule has 2 aromatic carbocycles. The molecule has 4 nitrogen and oxygen atoms in total. The van der Waals surface area contributed by atoms with Crippen molar-refractivity contribution in [2.24, 2.45) is 0 Å². The SMILES string of the molecule is O=C(Nc1ccccc1SC(F)F)NC(CO)Cc1ccccc1. The Kier molecular flexibility index (Phi) is 7.02. The van der Waals surface area contributed by atoms with Gasteiger partial charge in [0.05, 0.1) is 18.3 Å². The molecule has 0 spiro atoms. The molecule has 0 aliphatic heterocycles. The van der Waals surface area contributed by atoms with Gasteiger partial charge in [0.15, 0.2) is 0 Å². The van der Waals surface area contributed by atoms with Crippen LogP contribution in [0.5, 0.6) is 0 Å². The van der Waals surface area contributed by atoms with Crippen LogP contribution in [0.3, 0.4) is 0 Å². The number of benzene rings is 2. The van der Waals surface area contributed by atoms with E-state index in [9.17, 15) is 18.7 Å². The number of alkyl halides is 2. The van der Waals surface area contributed by atoms with E-state index in [0.717, 1.165) is 5.56 Å². The summed E-state index contributed by atoms with van der Waals surface area (Å²) in [6.07, 6.45) is 0.470. The largest absolute Gasteiger partial charge is 0.394 e. The summed E-state index contributed by atoms with van der Waals surface area (Å²) in [6.45, 7) is -0.226. The molecule has 0 heterocycles. The number of aliphatic hydroxyl groups excluding tert-OH is 1. The molecular formula is C17H18F2N2O2S. The first-order chi connectivity index (χ1) is 11.6. The average molecular weight is 352 g/mol. The fourth-order valence-corrected chi connectivity index (χ4v) is 2.77. The number of amides is 2. The van der Waals surface area contributed by atoms with E-state index in [-0.39, 0.29) is 11.5 Å². The van der Waals surface area contributed by atoms with Gasteiger partial charge in [-0.3, -0.25) is 0 Å². The highest BCUT2D eigenvalue weighted by atomic mass is 32.2. The second-order valence-corrected chi connectivity index (χ2v) is 6.07. The van der Waals surface area contributed by atoms with Crippen LogP contribution in [-0.2, 0) is 6.42 Å². The van der Waals surface area contributed by atoms with Crippen LogP contribution in [0.15, 0.2) is 59.5 Å². The Morgan fingerprint density at radius 2 is 1.75 bits per heavy atom. The molecule has 7 heteroatoms. The van der Waals surface area contributed by atoms with Gasteiger partial charge >= 0.3 is 6.03 Å². The number of hydrogen-bond acceptors (Lipinski definition) is 3. The lowest BCUT2D eigenvalue weighted by molar-refractivity contribution is 0.224. The fraction of sp³-hybridized carbons (Fsp3) is 0.235. The van der Waals surface area contributed by atoms with E-state index in [1.165, 1.54) is 6.07 Å². The van der Waals surface area contributed by atoms with Crippen molar-refractivity contribution in [3.8, 4) is 0 Å². The summed E-state index contributed by atoms with van der Waals surface area (Å²) < 4.78 is 25.1. The Balaban J connectivity index is 1.97. The predicted molar refractivity (Wildman–Crippen MR) is 91.5 cm³/mol. The predicted octanol–water partition coefficient (Wildman–Crippen LogP) is 3.73. The van der Waals surface area contributed by atoms with E-state index in [0.29, 0.717) is 23.9 Å². The van der Waals surface area contributed by atoms with E-state index in [1.807, 2.05) is 30.3 Å². The molecule has 2 amide bonds. The molecule has 0 fully saturated rings. The van der Waals surface area contributed by atoms with Crippen LogP contribution in [0.1, 0.15) is 5.56 Å². The van der Waals surface area contributed by atoms with Gasteiger partial charge in [-0.05, 0) is 24.1 Å². The molecule has 0 saturated heterocycles. The minimum atomic E-state index is -2.57. The van der Waals surface area contributed by atoms with Gasteiger partial charge in [-0.25, -0.2) is 4.79 Å². The van der Waals surface area contributed by atoms with Crippen LogP contribution in [-0.4, -0.2) is 29.5 Å². The lowest BCUT2D eigenvalue weighted by Crippen LogP contribution is -2.41. The highest BCUT2D eigenvalue weighted by Crippen LogP contribution is 2.31. The molecule has 0 aliphatic carbocycles. The second kappa shape index (κ2) is 9.24. The van der Waals surface area contributed by atoms with E-state index in [2.05, 4.69) is 10.6 Å². The number of hydrogen-bond donors (Lipinski definition) is 3. The molecule has 1 atom stereocenters. The van der Waals surface area contributed by atoms with Crippen molar-refractivity contribution in [2.75, 3.05) is 11.9 Å². The first-order valence-electron chi connectivity index (χ1n) is 7.34. The average Bonchev–Trinajstić information content (AvgIpc) is 2.56. The maximum Gasteiger partial charge on any atom is 0.319 e. The number of anilines is 1. The third kappa shape index (κ3) is 5.82. The third-order valence-corrected chi connectivity index (χ3v) is 4.02. The molecule has 0 aromatic heterocycles. The molecule has 0 aliphatic rings. The summed E-state index contributed by atoms with van der Waals surface area (Å²) in [7, 11) is 0. The van der Waals surface area contributed by atoms with E-state index in [1.54, 1.807) is 18.2 Å². The lowest BCUT2D eigenvalue weighted by Gasteiger charge is -2.18. The molecule has 3 N–H and O–H groups in total. The van der Waals surface area contributed by atoms with Gasteiger partial charge in [0.25, 0.3) is 5.76 Å². The van der Waals surface area contributed by atoms with Crippen molar-refractivity contribution in [3.63, 3.8) is 0 Å². The van der Waals surface area contributed by atoms with Crippen LogP contribution in [0.2, 0.25) is 0 Å². The highest BCUT2D eigenvalue weighted by molar-refractivity contribution is 7.99. The van der Waals surface area contributed by atoms with Crippen LogP contribution in [0.25, 0.3) is 0 Å². The Morgan fingerprint density at radius 1 is 1.08 bits per heavy atom. The number of para-hydroxylation sites is 1. The number of thioether (sulfide) groups is 1. The van der Waals surface area contributed by atoms with E-state index >= 15 is 0 Å². The molecule has 0 radical (unpaired) electrons. The van der Waals surface area contributed by atoms with Crippen molar-refractivity contribution >= 4 is 23.5 Å². The Hall–Kier alpha value is -2.12. The molecule has 0 bridgehead atoms. The number of carbonyl (C=O) groups excluding carboxylic acids is 1. The number of halogens is 2. The van der Waals surface area contributed by atoms with E-state index < -0.39 is 17.8 Å². The van der Waals surface area contributed by atoms with Crippen LogP contribution >= 0.6 is 11.8 Å². The molecule has 24 heavy (non-hydrogen) atoms. The smallest absolute Gasteiger partial charge is 0.319 e. The maximum absolute atomic E-state index is 12.5. The molecule has 1 unspecified atom stereocenters. The molecular weight excluding hydrogens is 334 g/mol. The van der Waals surface area contributed by atoms with Gasteiger partial charge in [-0.2, -0.15) is 8.78 Å². The van der Waals surface area contributed by atoms with Gasteiger partial charge in [-0.1, -0.05) is 54.2 Å². The minimum absolute atomic E-state index is 0.226. The van der Waals surface area contributed by atoms with Gasteiger partial charge < -0.3 is 15.7 Å². The van der Waals surface area contributed by atoms with Gasteiger partial charge in [0, 0.05) is 4.90 Å². The Morgan fingerprint density at radius 3 is 2.42 bits per heavy atom. The standard InChI is InChI=1S/C17H18F2N2O2S/c18-16(19)24-15-9-5-4-8-14(15)21-17(23)20-13(11-22)10-12-6-2-1-3-7-12/h1-9,13,16,22H,10-11H2,(H2,20,21,23). The van der Waals surface area contributed by atoms with Crippen molar-refractivity contribution in [3.05, 3.63) is 60.2 Å². The quantitative estimate of drug-likeness (QED) is 0.666. The summed E-state index contributed by atoms with van der Waals surface area (Å²) in [6, 6.07) is 14.8. The Bertz CT molecular complexity index is 656. The molecule has 128 valence electrons. The normalized spacial score (nSPS) is 12.0. The number of urea groups is 1. The van der Waals surface area contributed by atoms with Gasteiger partial charge in [-0.15, -0.1) is 0 Å². The van der Waals surface area contributed by atoms with Crippen molar-refractivity contribution in [1.82, 2.24) is 5.32 Å². The maximum atomic E-state index is 12.5. The first kappa shape index (κ1) is 18.2. The number of carbonyl (C=O) groups is 1. The van der Waals surface area contributed by atoms with Gasteiger partial charge in [0.2, 0.25) is 0 Å². The lowest BCUT2D eigenvalue weighted by atomic mass is 10.1. The topological polar surface area (TPSA) is 61.4 Å². The molecule has 2 aromatic rings. The highest BCUT2D eigenvalue weighted by Gasteiger charge is 2.15. The van der Waals surface area contributed by atoms with Crippen molar-refractivity contribution in [1.29, 1.82) is 0 Å². The monoisotopic (exact) mass is 352 g/mol. The Labute approximate surface area is 143 Å². The van der Waals surface area contributed by atoms with E-state index in [4.69, 9.17) is 0 Å². The van der Waals surface area contributed by atoms with Crippen LogP contribution < -0.4 is 10.6 Å². The zero-order valence-electron chi connectivity index (χ0n) is 12.8. The first-order valence-corrected chi connectivity index (χ1v) is 8.22. The zero-order chi connectivity index (χ0) is 17.4. The summed E-state index contributed by atoms with van der Waals surface area (Å²) in [4.78, 5) is 12.4. The van der Waals surface area contributed by atoms with Crippen LogP contribution in [0.4, 0.5) is 19.3 Å². The zero-order valence-corrected chi connectivity index (χ0v) is 13.6. The minimum Gasteiger partial charge on any atom is -0.394 e. The number of rotatable bonds is 7. The second-order valence-electron chi connectivity index (χ2n) is 5.04. The fourth-order valence-electron chi connectivity index (χ4n) is 2.17. The number of nitrogens with one attached hydrogen (secondary N) is 2. The van der Waals surface area contributed by atoms with Crippen molar-refractivity contribution in [2.45, 2.75) is 23.1 Å². The van der Waals surface area contributed by atoms with Crippen LogP contribution in [0, 0.1) is 0 Å². The van der Waals surface area contributed by atoms with Gasteiger partial charge in [0.1, 0.15) is 0 Å². The number of aliphatic hydroxyl groups is 1. The molecule has 2 rings (SSSR count). The third-order valence-electron chi connectivity index (χ3n) is 3.23. The van der Waals surface area contributed by atoms with Crippen molar-refractivity contribution < 1.29 is 18.7 Å².